The molecule has 0 radical (unpaired) electrons. The number of nitrogen functional groups attached to an aromatic ring is 1. The fourth-order valence-corrected chi connectivity index (χ4v) is 2.41. The first-order valence-electron chi connectivity index (χ1n) is 6.39. The van der Waals surface area contributed by atoms with Gasteiger partial charge in [0, 0.05) is 25.9 Å². The maximum atomic E-state index is 12.1. The average Bonchev–Trinajstić information content (AvgIpc) is 3.14. The lowest BCUT2D eigenvalue weighted by molar-refractivity contribution is 0.0939. The summed E-state index contributed by atoms with van der Waals surface area (Å²) in [5.74, 6) is -0.202. The Balaban J connectivity index is 1.95. The Morgan fingerprint density at radius 1 is 1.53 bits per heavy atom. The van der Waals surface area contributed by atoms with Crippen molar-refractivity contribution in [3.8, 4) is 0 Å². The highest BCUT2D eigenvalue weighted by molar-refractivity contribution is 6.34. The van der Waals surface area contributed by atoms with Crippen molar-refractivity contribution in [1.29, 1.82) is 0 Å². The van der Waals surface area contributed by atoms with Crippen molar-refractivity contribution >= 4 is 23.2 Å². The molecule has 1 aromatic rings. The maximum Gasteiger partial charge on any atom is 0.254 e. The standard InChI is InChI=1S/C14H19ClN2O2/c1-19-8-7-14(5-6-14)9-17-13(18)12-10(15)3-2-4-11(12)16/h2-4H,5-9,16H2,1H3,(H,17,18). The third-order valence-electron chi connectivity index (χ3n) is 3.69. The van der Waals surface area contributed by atoms with Gasteiger partial charge in [0.2, 0.25) is 0 Å². The summed E-state index contributed by atoms with van der Waals surface area (Å²) in [4.78, 5) is 12.1. The Morgan fingerprint density at radius 3 is 2.84 bits per heavy atom. The lowest BCUT2D eigenvalue weighted by Gasteiger charge is -2.16. The van der Waals surface area contributed by atoms with Crippen LogP contribution in [0.3, 0.4) is 0 Å². The van der Waals surface area contributed by atoms with E-state index in [1.807, 2.05) is 0 Å². The van der Waals surface area contributed by atoms with Crippen LogP contribution in [-0.4, -0.2) is 26.2 Å². The molecule has 19 heavy (non-hydrogen) atoms. The zero-order valence-corrected chi connectivity index (χ0v) is 11.8. The number of carbonyl (C=O) groups is 1. The molecule has 0 heterocycles. The average molecular weight is 283 g/mol. The van der Waals surface area contributed by atoms with Gasteiger partial charge in [0.05, 0.1) is 10.6 Å². The molecule has 0 aliphatic heterocycles. The first-order valence-corrected chi connectivity index (χ1v) is 6.77. The summed E-state index contributed by atoms with van der Waals surface area (Å²) in [7, 11) is 1.69. The Morgan fingerprint density at radius 2 is 2.26 bits per heavy atom. The third-order valence-corrected chi connectivity index (χ3v) is 4.01. The molecule has 0 spiro atoms. The number of carbonyl (C=O) groups excluding carboxylic acids is 1. The summed E-state index contributed by atoms with van der Waals surface area (Å²) in [5, 5.41) is 3.32. The van der Waals surface area contributed by atoms with Crippen molar-refractivity contribution in [2.45, 2.75) is 19.3 Å². The lowest BCUT2D eigenvalue weighted by Crippen LogP contribution is -2.31. The third kappa shape index (κ3) is 3.39. The van der Waals surface area contributed by atoms with Crippen LogP contribution < -0.4 is 11.1 Å². The highest BCUT2D eigenvalue weighted by Crippen LogP contribution is 2.48. The van der Waals surface area contributed by atoms with Gasteiger partial charge < -0.3 is 15.8 Å². The van der Waals surface area contributed by atoms with Crippen molar-refractivity contribution in [3.05, 3.63) is 28.8 Å². The van der Waals surface area contributed by atoms with E-state index < -0.39 is 0 Å². The molecule has 2 rings (SSSR count). The van der Waals surface area contributed by atoms with Crippen LogP contribution in [0.25, 0.3) is 0 Å². The van der Waals surface area contributed by atoms with Gasteiger partial charge in [0.1, 0.15) is 0 Å². The highest BCUT2D eigenvalue weighted by atomic mass is 35.5. The Kier molecular flexibility index (Phi) is 4.32. The van der Waals surface area contributed by atoms with Crippen molar-refractivity contribution in [1.82, 2.24) is 5.32 Å². The Hall–Kier alpha value is -1.26. The molecule has 0 unspecified atom stereocenters. The van der Waals surface area contributed by atoms with Crippen molar-refractivity contribution < 1.29 is 9.53 Å². The van der Waals surface area contributed by atoms with E-state index in [9.17, 15) is 4.79 Å². The number of methoxy groups -OCH3 is 1. The summed E-state index contributed by atoms with van der Waals surface area (Å²) < 4.78 is 5.09. The van der Waals surface area contributed by atoms with E-state index in [0.717, 1.165) is 25.9 Å². The maximum absolute atomic E-state index is 12.1. The molecule has 104 valence electrons. The van der Waals surface area contributed by atoms with Crippen LogP contribution in [0.1, 0.15) is 29.6 Å². The second kappa shape index (κ2) is 5.80. The van der Waals surface area contributed by atoms with Gasteiger partial charge in [-0.1, -0.05) is 17.7 Å². The fourth-order valence-electron chi connectivity index (χ4n) is 2.15. The van der Waals surface area contributed by atoms with E-state index in [2.05, 4.69) is 5.32 Å². The second-order valence-corrected chi connectivity index (χ2v) is 5.54. The molecule has 0 bridgehead atoms. The van der Waals surface area contributed by atoms with E-state index in [-0.39, 0.29) is 11.3 Å². The Bertz CT molecular complexity index is 452. The van der Waals surface area contributed by atoms with E-state index in [1.54, 1.807) is 25.3 Å². The van der Waals surface area contributed by atoms with Crippen LogP contribution in [0.4, 0.5) is 5.69 Å². The summed E-state index contributed by atoms with van der Waals surface area (Å²) in [6.07, 6.45) is 3.24. The van der Waals surface area contributed by atoms with Crippen LogP contribution in [0.2, 0.25) is 5.02 Å². The summed E-state index contributed by atoms with van der Waals surface area (Å²) in [6.45, 7) is 1.38. The number of hydrogen-bond donors (Lipinski definition) is 2. The summed E-state index contributed by atoms with van der Waals surface area (Å²) >= 11 is 6.01. The number of nitrogens with two attached hydrogens (primary N) is 1. The van der Waals surface area contributed by atoms with E-state index in [0.29, 0.717) is 22.8 Å². The predicted octanol–water partition coefficient (Wildman–Crippen LogP) is 2.47. The van der Waals surface area contributed by atoms with Crippen molar-refractivity contribution in [2.24, 2.45) is 5.41 Å². The van der Waals surface area contributed by atoms with Gasteiger partial charge in [-0.25, -0.2) is 0 Å². The van der Waals surface area contributed by atoms with E-state index in [4.69, 9.17) is 22.1 Å². The lowest BCUT2D eigenvalue weighted by atomic mass is 10.0. The SMILES string of the molecule is COCCC1(CNC(=O)c2c(N)cccc2Cl)CC1. The minimum atomic E-state index is -0.202. The molecular formula is C14H19ClN2O2. The number of ether oxygens (including phenoxy) is 1. The molecule has 1 aromatic carbocycles. The van der Waals surface area contributed by atoms with Gasteiger partial charge in [-0.05, 0) is 36.8 Å². The summed E-state index contributed by atoms with van der Waals surface area (Å²) in [6, 6.07) is 5.08. The first-order chi connectivity index (χ1) is 9.08. The molecule has 1 aliphatic carbocycles. The van der Waals surface area contributed by atoms with Crippen molar-refractivity contribution in [2.75, 3.05) is 26.0 Å². The number of amides is 1. The molecule has 4 nitrogen and oxygen atoms in total. The zero-order valence-electron chi connectivity index (χ0n) is 11.0. The number of benzene rings is 1. The molecule has 1 fully saturated rings. The van der Waals surface area contributed by atoms with Crippen LogP contribution in [-0.2, 0) is 4.74 Å². The van der Waals surface area contributed by atoms with Crippen LogP contribution in [0.15, 0.2) is 18.2 Å². The minimum Gasteiger partial charge on any atom is -0.398 e. The van der Waals surface area contributed by atoms with Gasteiger partial charge in [-0.3, -0.25) is 4.79 Å². The fraction of sp³-hybridized carbons (Fsp3) is 0.500. The van der Waals surface area contributed by atoms with Crippen molar-refractivity contribution in [3.63, 3.8) is 0 Å². The number of hydrogen-bond acceptors (Lipinski definition) is 3. The molecule has 0 atom stereocenters. The molecule has 3 N–H and O–H groups in total. The normalized spacial score (nSPS) is 16.1. The monoisotopic (exact) mass is 282 g/mol. The molecule has 1 aliphatic rings. The Labute approximate surface area is 118 Å². The number of rotatable bonds is 6. The van der Waals surface area contributed by atoms with Crippen LogP contribution in [0.5, 0.6) is 0 Å². The van der Waals surface area contributed by atoms with Crippen LogP contribution in [0, 0.1) is 5.41 Å². The predicted molar refractivity (Wildman–Crippen MR) is 76.4 cm³/mol. The second-order valence-electron chi connectivity index (χ2n) is 5.13. The molecule has 1 amide bonds. The van der Waals surface area contributed by atoms with E-state index in [1.165, 1.54) is 0 Å². The van der Waals surface area contributed by atoms with Gasteiger partial charge in [-0.15, -0.1) is 0 Å². The minimum absolute atomic E-state index is 0.202. The van der Waals surface area contributed by atoms with Gasteiger partial charge in [0.15, 0.2) is 0 Å². The smallest absolute Gasteiger partial charge is 0.254 e. The molecule has 1 saturated carbocycles. The highest BCUT2D eigenvalue weighted by Gasteiger charge is 2.42. The number of anilines is 1. The molecule has 0 saturated heterocycles. The largest absolute Gasteiger partial charge is 0.398 e. The number of nitrogens with one attached hydrogen (secondary N) is 1. The topological polar surface area (TPSA) is 64.3 Å². The molecular weight excluding hydrogens is 264 g/mol. The molecule has 0 aromatic heterocycles. The summed E-state index contributed by atoms with van der Waals surface area (Å²) in [5.41, 5.74) is 6.78. The van der Waals surface area contributed by atoms with Gasteiger partial charge in [0.25, 0.3) is 5.91 Å². The van der Waals surface area contributed by atoms with Gasteiger partial charge in [-0.2, -0.15) is 0 Å². The zero-order chi connectivity index (χ0) is 13.9. The molecule has 5 heteroatoms. The van der Waals surface area contributed by atoms with Crippen LogP contribution >= 0.6 is 11.6 Å². The van der Waals surface area contributed by atoms with E-state index >= 15 is 0 Å². The van der Waals surface area contributed by atoms with Gasteiger partial charge >= 0.3 is 0 Å². The quantitative estimate of drug-likeness (QED) is 0.788. The number of halogens is 1. The first kappa shape index (κ1) is 14.2.